The third-order valence-corrected chi connectivity index (χ3v) is 8.42. The average Bonchev–Trinajstić information content (AvgIpc) is 3.79. The summed E-state index contributed by atoms with van der Waals surface area (Å²) in [5, 5.41) is -1.90. The Hall–Kier alpha value is -6.12. The lowest BCUT2D eigenvalue weighted by Crippen LogP contribution is -2.13. The molecule has 2 heteroatoms. The number of anilines is 3. The number of hydrogen-bond donors (Lipinski definition) is 0. The van der Waals surface area contributed by atoms with Gasteiger partial charge in [0.2, 0.25) is 0 Å². The number of fused-ring (bicyclic) bond motifs is 6. The highest BCUT2D eigenvalue weighted by atomic mass is 16.3. The van der Waals surface area contributed by atoms with Crippen LogP contribution < -0.4 is 4.90 Å². The number of aryl methyl sites for hydroxylation is 3. The monoisotopic (exact) mass is 668 g/mol. The minimum atomic E-state index is -0.994. The molecule has 0 fully saturated rings. The predicted molar refractivity (Wildman–Crippen MR) is 213 cm³/mol. The van der Waals surface area contributed by atoms with Crippen LogP contribution in [0.15, 0.2) is 155 Å². The maximum absolute atomic E-state index is 10.3. The zero-order chi connectivity index (χ0) is 55.7. The highest BCUT2D eigenvalue weighted by Gasteiger charge is 2.23. The predicted octanol–water partition coefficient (Wildman–Crippen LogP) is 13.9. The standard InChI is InChI=1S/C48H37NO/c1-30-22-23-32(3)47-43(25-24-31(2)46(30)47)49(37-19-13-18-36(27-37)34-14-7-5-8-15-34)44-29-41-42-28-40(35-16-9-6-10-17-35)38-20-11-12-21-39(38)48(42)50-45(41)26-33(44)4/h5-29H,1-4H3/i5D,6D,7D,8D,9D,10D,11D,12D,13D,14D,15D,16D,17D,18D,19D,20D,21D,22D,23D,24D,25D,26D,27D,28D,29D. The molecule has 0 amide bonds. The van der Waals surface area contributed by atoms with E-state index in [0.29, 0.717) is 0 Å². The van der Waals surface area contributed by atoms with Crippen LogP contribution in [-0.4, -0.2) is 0 Å². The van der Waals surface area contributed by atoms with Crippen molar-refractivity contribution in [3.05, 3.63) is 173 Å². The van der Waals surface area contributed by atoms with E-state index in [0.717, 1.165) is 4.90 Å². The topological polar surface area (TPSA) is 16.4 Å². The molecule has 1 heterocycles. The van der Waals surface area contributed by atoms with Crippen LogP contribution in [0.5, 0.6) is 0 Å². The Bertz CT molecular complexity index is 4120. The highest BCUT2D eigenvalue weighted by Crippen LogP contribution is 2.47. The summed E-state index contributed by atoms with van der Waals surface area (Å²) in [7, 11) is 0. The Labute approximate surface area is 328 Å². The molecule has 50 heavy (non-hydrogen) atoms. The van der Waals surface area contributed by atoms with E-state index in [1.807, 2.05) is 0 Å². The quantitative estimate of drug-likeness (QED) is 0.181. The maximum atomic E-state index is 10.3. The Kier molecular flexibility index (Phi) is 3.22. The second kappa shape index (κ2) is 11.8. The molecule has 8 aromatic carbocycles. The van der Waals surface area contributed by atoms with Gasteiger partial charge in [0.15, 0.2) is 0 Å². The summed E-state index contributed by atoms with van der Waals surface area (Å²) < 4.78 is 233. The summed E-state index contributed by atoms with van der Waals surface area (Å²) in [5.74, 6) is 0. The number of hydrogen-bond acceptors (Lipinski definition) is 2. The van der Waals surface area contributed by atoms with Crippen LogP contribution in [-0.2, 0) is 0 Å². The smallest absolute Gasteiger partial charge is 0.143 e. The van der Waals surface area contributed by atoms with Gasteiger partial charge in [0, 0.05) is 32.9 Å². The van der Waals surface area contributed by atoms with E-state index in [-0.39, 0.29) is 45.1 Å². The van der Waals surface area contributed by atoms with Gasteiger partial charge in [-0.05, 0) is 119 Å². The van der Waals surface area contributed by atoms with Gasteiger partial charge in [-0.1, -0.05) is 115 Å². The van der Waals surface area contributed by atoms with Gasteiger partial charge in [-0.2, -0.15) is 0 Å². The SMILES string of the molecule is [2H]c1c([2H])c([2H])c(-c2c([2H])c([2H])c([2H])c(N(c3c(C)c([2H])c4oc5c6c([2H])c([2H])c([2H])c([2H])c6c(-c6c([2H])c([2H])c([2H])c([2H])c6[2H])c([2H])c5c4c3[2H])c3c([2H])c([2H])c(C)c4c(C)c([2H])c([2H])c(C)c34)c2[2H])c([2H])c1[2H]. The van der Waals surface area contributed by atoms with Crippen molar-refractivity contribution in [1.29, 1.82) is 0 Å². The third kappa shape index (κ3) is 4.79. The first kappa shape index (κ1) is 13.7. The van der Waals surface area contributed by atoms with Crippen molar-refractivity contribution in [1.82, 2.24) is 0 Å². The first-order chi connectivity index (χ1) is 34.9. The van der Waals surface area contributed by atoms with Crippen molar-refractivity contribution >= 4 is 60.5 Å². The van der Waals surface area contributed by atoms with Crippen LogP contribution in [0, 0.1) is 27.7 Å². The lowest BCUT2D eigenvalue weighted by molar-refractivity contribution is 0.672. The second-order valence-electron chi connectivity index (χ2n) is 11.5. The van der Waals surface area contributed by atoms with E-state index < -0.39 is 211 Å². The fraction of sp³-hybridized carbons (Fsp3) is 0.0833. The Morgan fingerprint density at radius 3 is 1.80 bits per heavy atom. The molecule has 9 aromatic rings. The molecule has 0 saturated carbocycles. The molecule has 0 aliphatic heterocycles. The molecule has 0 atom stereocenters. The summed E-state index contributed by atoms with van der Waals surface area (Å²) in [6.45, 7) is 5.68. The van der Waals surface area contributed by atoms with Gasteiger partial charge in [-0.3, -0.25) is 0 Å². The molecular weight excluding hydrogens is 607 g/mol. The number of rotatable bonds is 5. The van der Waals surface area contributed by atoms with Gasteiger partial charge in [0.05, 0.1) is 40.0 Å². The van der Waals surface area contributed by atoms with Gasteiger partial charge in [-0.25, -0.2) is 0 Å². The average molecular weight is 669 g/mol. The van der Waals surface area contributed by atoms with Crippen molar-refractivity contribution in [3.63, 3.8) is 0 Å². The van der Waals surface area contributed by atoms with Crippen molar-refractivity contribution in [2.24, 2.45) is 0 Å². The van der Waals surface area contributed by atoms with Crippen LogP contribution >= 0.6 is 0 Å². The lowest BCUT2D eigenvalue weighted by Gasteiger charge is -2.30. The van der Waals surface area contributed by atoms with Crippen molar-refractivity contribution in [2.75, 3.05) is 4.90 Å². The molecular formula is C48H37NO. The van der Waals surface area contributed by atoms with Gasteiger partial charge in [-0.15, -0.1) is 0 Å². The zero-order valence-electron chi connectivity index (χ0n) is 51.9. The summed E-state index contributed by atoms with van der Waals surface area (Å²) in [4.78, 5) is 0.889. The molecule has 9 rings (SSSR count). The zero-order valence-corrected chi connectivity index (χ0v) is 26.9. The number of nitrogens with zero attached hydrogens (tertiary/aromatic N) is 1. The summed E-state index contributed by atoms with van der Waals surface area (Å²) in [6.07, 6.45) is 0. The van der Waals surface area contributed by atoms with Crippen LogP contribution in [0.25, 0.3) is 65.7 Å². The molecule has 0 N–H and O–H groups in total. The van der Waals surface area contributed by atoms with E-state index in [9.17, 15) is 11.0 Å². The third-order valence-electron chi connectivity index (χ3n) is 8.42. The van der Waals surface area contributed by atoms with Crippen LogP contribution in [0.2, 0.25) is 0 Å². The molecule has 0 spiro atoms. The minimum absolute atomic E-state index is 0.00624. The van der Waals surface area contributed by atoms with Crippen LogP contribution in [0.1, 0.15) is 56.5 Å². The van der Waals surface area contributed by atoms with Crippen molar-refractivity contribution in [3.8, 4) is 22.3 Å². The van der Waals surface area contributed by atoms with Gasteiger partial charge in [0.1, 0.15) is 11.2 Å². The van der Waals surface area contributed by atoms with Crippen LogP contribution in [0.4, 0.5) is 17.1 Å². The molecule has 0 aliphatic carbocycles. The van der Waals surface area contributed by atoms with Gasteiger partial charge >= 0.3 is 0 Å². The van der Waals surface area contributed by atoms with E-state index in [1.54, 1.807) is 0 Å². The largest absolute Gasteiger partial charge is 0.455 e. The van der Waals surface area contributed by atoms with E-state index in [1.165, 1.54) is 27.7 Å². The first-order valence-corrected chi connectivity index (χ1v) is 15.3. The molecule has 0 bridgehead atoms. The molecule has 1 aromatic heterocycles. The van der Waals surface area contributed by atoms with E-state index in [2.05, 4.69) is 0 Å². The lowest BCUT2D eigenvalue weighted by atomic mass is 9.94. The van der Waals surface area contributed by atoms with Crippen molar-refractivity contribution in [2.45, 2.75) is 27.7 Å². The Balaban J connectivity index is 1.60. The fourth-order valence-corrected chi connectivity index (χ4v) is 6.20. The molecule has 0 unspecified atom stereocenters. The maximum Gasteiger partial charge on any atom is 0.143 e. The Morgan fingerprint density at radius 1 is 0.440 bits per heavy atom. The van der Waals surface area contributed by atoms with E-state index >= 15 is 0 Å². The van der Waals surface area contributed by atoms with E-state index in [4.69, 9.17) is 27.7 Å². The fourth-order valence-electron chi connectivity index (χ4n) is 6.20. The summed E-state index contributed by atoms with van der Waals surface area (Å²) in [6, 6.07) is -19.9. The highest BCUT2D eigenvalue weighted by molar-refractivity contribution is 6.20. The summed E-state index contributed by atoms with van der Waals surface area (Å²) >= 11 is 0. The normalized spacial score (nSPS) is 18.6. The molecule has 0 radical (unpaired) electrons. The van der Waals surface area contributed by atoms with Crippen molar-refractivity contribution < 1.29 is 38.7 Å². The second-order valence-corrected chi connectivity index (χ2v) is 11.5. The minimum Gasteiger partial charge on any atom is -0.455 e. The van der Waals surface area contributed by atoms with Crippen LogP contribution in [0.3, 0.4) is 0 Å². The first-order valence-electron chi connectivity index (χ1n) is 27.8. The van der Waals surface area contributed by atoms with Gasteiger partial charge < -0.3 is 9.32 Å². The summed E-state index contributed by atoms with van der Waals surface area (Å²) in [5.41, 5.74) is -5.63. The molecule has 2 nitrogen and oxygen atoms in total. The number of benzene rings is 8. The molecule has 240 valence electrons. The molecule has 0 aliphatic rings. The van der Waals surface area contributed by atoms with Gasteiger partial charge in [0.25, 0.3) is 0 Å². The Morgan fingerprint density at radius 2 is 1.06 bits per heavy atom. The molecule has 0 saturated heterocycles. The number of furan rings is 1.